The standard InChI is InChI=1S/C11H13NO3/c1-14-7-3-6-4-8(12)11(13)10(6)9(5-7)15-2/h3,5,8H,4,12H2,1-2H3. The highest BCUT2D eigenvalue weighted by atomic mass is 16.5. The molecule has 1 atom stereocenters. The highest BCUT2D eigenvalue weighted by molar-refractivity contribution is 6.06. The van der Waals surface area contributed by atoms with Crippen molar-refractivity contribution in [3.63, 3.8) is 0 Å². The first-order valence-electron chi connectivity index (χ1n) is 4.72. The Kier molecular flexibility index (Phi) is 2.36. The van der Waals surface area contributed by atoms with Crippen LogP contribution >= 0.6 is 0 Å². The average Bonchev–Trinajstić information content (AvgIpc) is 2.53. The number of hydrogen-bond acceptors (Lipinski definition) is 4. The highest BCUT2D eigenvalue weighted by Gasteiger charge is 2.31. The van der Waals surface area contributed by atoms with E-state index in [0.29, 0.717) is 23.5 Å². The number of methoxy groups -OCH3 is 2. The molecule has 1 unspecified atom stereocenters. The Morgan fingerprint density at radius 3 is 2.67 bits per heavy atom. The van der Waals surface area contributed by atoms with Crippen LogP contribution in [0.3, 0.4) is 0 Å². The van der Waals surface area contributed by atoms with Crippen molar-refractivity contribution < 1.29 is 14.3 Å². The molecule has 15 heavy (non-hydrogen) atoms. The Morgan fingerprint density at radius 1 is 1.33 bits per heavy atom. The van der Waals surface area contributed by atoms with E-state index in [1.54, 1.807) is 13.2 Å². The van der Waals surface area contributed by atoms with Crippen LogP contribution in [0.5, 0.6) is 11.5 Å². The topological polar surface area (TPSA) is 61.5 Å². The maximum Gasteiger partial charge on any atom is 0.183 e. The predicted molar refractivity (Wildman–Crippen MR) is 55.6 cm³/mol. The minimum absolute atomic E-state index is 0.0514. The summed E-state index contributed by atoms with van der Waals surface area (Å²) in [6.45, 7) is 0. The maximum absolute atomic E-state index is 11.7. The van der Waals surface area contributed by atoms with Crippen LogP contribution in [0.1, 0.15) is 15.9 Å². The highest BCUT2D eigenvalue weighted by Crippen LogP contribution is 2.34. The number of ketones is 1. The van der Waals surface area contributed by atoms with Crippen LogP contribution in [-0.4, -0.2) is 26.0 Å². The van der Waals surface area contributed by atoms with Crippen molar-refractivity contribution in [2.75, 3.05) is 14.2 Å². The van der Waals surface area contributed by atoms with Crippen molar-refractivity contribution in [3.05, 3.63) is 23.3 Å². The Morgan fingerprint density at radius 2 is 2.07 bits per heavy atom. The molecule has 80 valence electrons. The van der Waals surface area contributed by atoms with Gasteiger partial charge in [-0.2, -0.15) is 0 Å². The number of nitrogens with two attached hydrogens (primary N) is 1. The van der Waals surface area contributed by atoms with E-state index in [9.17, 15) is 4.79 Å². The lowest BCUT2D eigenvalue weighted by Gasteiger charge is -2.08. The summed E-state index contributed by atoms with van der Waals surface area (Å²) in [6.07, 6.45) is 0.557. The molecular weight excluding hydrogens is 194 g/mol. The molecule has 0 bridgehead atoms. The first-order chi connectivity index (χ1) is 7.17. The lowest BCUT2D eigenvalue weighted by molar-refractivity contribution is 0.0972. The zero-order chi connectivity index (χ0) is 11.0. The Balaban J connectivity index is 2.58. The molecule has 0 aliphatic heterocycles. The molecular formula is C11H13NO3. The quantitative estimate of drug-likeness (QED) is 0.778. The summed E-state index contributed by atoms with van der Waals surface area (Å²) in [4.78, 5) is 11.7. The average molecular weight is 207 g/mol. The van der Waals surface area contributed by atoms with Gasteiger partial charge in [0.25, 0.3) is 0 Å². The maximum atomic E-state index is 11.7. The second kappa shape index (κ2) is 3.55. The van der Waals surface area contributed by atoms with E-state index in [2.05, 4.69) is 0 Å². The molecule has 0 saturated carbocycles. The van der Waals surface area contributed by atoms with Crippen molar-refractivity contribution in [3.8, 4) is 11.5 Å². The second-order valence-corrected chi connectivity index (χ2v) is 3.54. The van der Waals surface area contributed by atoms with E-state index in [1.807, 2.05) is 6.07 Å². The Bertz CT molecular complexity index is 415. The van der Waals surface area contributed by atoms with Gasteiger partial charge in [0.1, 0.15) is 11.5 Å². The third-order valence-corrected chi connectivity index (χ3v) is 2.64. The number of carbonyl (C=O) groups excluding carboxylic acids is 1. The van der Waals surface area contributed by atoms with Gasteiger partial charge in [0.15, 0.2) is 5.78 Å². The van der Waals surface area contributed by atoms with Gasteiger partial charge in [-0.3, -0.25) is 4.79 Å². The fourth-order valence-electron chi connectivity index (χ4n) is 1.88. The van der Waals surface area contributed by atoms with Gasteiger partial charge in [0, 0.05) is 6.07 Å². The molecule has 0 amide bonds. The van der Waals surface area contributed by atoms with Gasteiger partial charge in [-0.1, -0.05) is 0 Å². The molecule has 2 rings (SSSR count). The van der Waals surface area contributed by atoms with Gasteiger partial charge >= 0.3 is 0 Å². The number of hydrogen-bond donors (Lipinski definition) is 1. The van der Waals surface area contributed by atoms with E-state index in [4.69, 9.17) is 15.2 Å². The largest absolute Gasteiger partial charge is 0.497 e. The van der Waals surface area contributed by atoms with Crippen molar-refractivity contribution in [2.24, 2.45) is 5.73 Å². The molecule has 4 nitrogen and oxygen atoms in total. The fraction of sp³-hybridized carbons (Fsp3) is 0.364. The minimum atomic E-state index is -0.444. The van der Waals surface area contributed by atoms with E-state index in [1.165, 1.54) is 7.11 Å². The van der Waals surface area contributed by atoms with Crippen molar-refractivity contribution in [1.29, 1.82) is 0 Å². The number of fused-ring (bicyclic) bond motifs is 1. The molecule has 0 aromatic heterocycles. The molecule has 1 aromatic carbocycles. The molecule has 1 aliphatic rings. The van der Waals surface area contributed by atoms with Gasteiger partial charge in [-0.15, -0.1) is 0 Å². The summed E-state index contributed by atoms with van der Waals surface area (Å²) in [5, 5.41) is 0. The molecule has 0 saturated heterocycles. The van der Waals surface area contributed by atoms with Crippen molar-refractivity contribution in [2.45, 2.75) is 12.5 Å². The molecule has 0 fully saturated rings. The van der Waals surface area contributed by atoms with Gasteiger partial charge < -0.3 is 15.2 Å². The number of ether oxygens (including phenoxy) is 2. The van der Waals surface area contributed by atoms with Crippen LogP contribution in [0.25, 0.3) is 0 Å². The molecule has 0 radical (unpaired) electrons. The van der Waals surface area contributed by atoms with Crippen LogP contribution in [0.2, 0.25) is 0 Å². The van der Waals surface area contributed by atoms with E-state index < -0.39 is 6.04 Å². The Labute approximate surface area is 88.0 Å². The zero-order valence-electron chi connectivity index (χ0n) is 8.74. The SMILES string of the molecule is COc1cc2c(c(OC)c1)C(=O)C(N)C2. The first-order valence-corrected chi connectivity index (χ1v) is 4.72. The Hall–Kier alpha value is -1.55. The van der Waals surface area contributed by atoms with Crippen LogP contribution in [0, 0.1) is 0 Å². The van der Waals surface area contributed by atoms with E-state index in [-0.39, 0.29) is 5.78 Å². The van der Waals surface area contributed by atoms with E-state index in [0.717, 1.165) is 5.56 Å². The van der Waals surface area contributed by atoms with E-state index >= 15 is 0 Å². The predicted octanol–water partition coefficient (Wildman–Crippen LogP) is 0.770. The monoisotopic (exact) mass is 207 g/mol. The van der Waals surface area contributed by atoms with Gasteiger partial charge in [0.05, 0.1) is 25.8 Å². The lowest BCUT2D eigenvalue weighted by Crippen LogP contribution is -2.26. The van der Waals surface area contributed by atoms with Gasteiger partial charge in [-0.05, 0) is 18.1 Å². The minimum Gasteiger partial charge on any atom is -0.497 e. The lowest BCUT2D eigenvalue weighted by atomic mass is 10.1. The second-order valence-electron chi connectivity index (χ2n) is 3.54. The summed E-state index contributed by atoms with van der Waals surface area (Å²) < 4.78 is 10.3. The molecule has 0 heterocycles. The van der Waals surface area contributed by atoms with Crippen LogP contribution in [0.15, 0.2) is 12.1 Å². The third-order valence-electron chi connectivity index (χ3n) is 2.64. The molecule has 4 heteroatoms. The summed E-state index contributed by atoms with van der Waals surface area (Å²) in [5.41, 5.74) is 7.21. The molecule has 1 aliphatic carbocycles. The summed E-state index contributed by atoms with van der Waals surface area (Å²) in [6, 6.07) is 3.10. The number of benzene rings is 1. The smallest absolute Gasteiger partial charge is 0.183 e. The summed E-state index contributed by atoms with van der Waals surface area (Å²) in [7, 11) is 3.12. The zero-order valence-corrected chi connectivity index (χ0v) is 8.74. The first kappa shape index (κ1) is 9.98. The summed E-state index contributed by atoms with van der Waals surface area (Å²) >= 11 is 0. The van der Waals surface area contributed by atoms with Gasteiger partial charge in [0.2, 0.25) is 0 Å². The van der Waals surface area contributed by atoms with Crippen LogP contribution in [-0.2, 0) is 6.42 Å². The summed E-state index contributed by atoms with van der Waals surface area (Å²) in [5.74, 6) is 1.18. The molecule has 1 aromatic rings. The van der Waals surface area contributed by atoms with Gasteiger partial charge in [-0.25, -0.2) is 0 Å². The third kappa shape index (κ3) is 1.47. The number of rotatable bonds is 2. The normalized spacial score (nSPS) is 18.9. The van der Waals surface area contributed by atoms with Crippen LogP contribution < -0.4 is 15.2 Å². The molecule has 0 spiro atoms. The van der Waals surface area contributed by atoms with Crippen molar-refractivity contribution >= 4 is 5.78 Å². The fourth-order valence-corrected chi connectivity index (χ4v) is 1.88. The van der Waals surface area contributed by atoms with Crippen LogP contribution in [0.4, 0.5) is 0 Å². The van der Waals surface area contributed by atoms with Crippen molar-refractivity contribution in [1.82, 2.24) is 0 Å². The number of carbonyl (C=O) groups is 1. The molecule has 2 N–H and O–H groups in total. The number of Topliss-reactive ketones (excluding diaryl/α,β-unsaturated/α-hetero) is 1.